The van der Waals surface area contributed by atoms with Crippen LogP contribution in [0, 0.1) is 5.21 Å². The van der Waals surface area contributed by atoms with Crippen molar-refractivity contribution in [2.45, 2.75) is 24.5 Å². The van der Waals surface area contributed by atoms with Crippen LogP contribution in [0.2, 0.25) is 5.15 Å². The van der Waals surface area contributed by atoms with Crippen LogP contribution in [0.3, 0.4) is 0 Å². The van der Waals surface area contributed by atoms with Gasteiger partial charge in [-0.2, -0.15) is 13.1 Å². The Kier molecular flexibility index (Phi) is 7.16. The number of ether oxygens (including phenoxy) is 2. The van der Waals surface area contributed by atoms with Gasteiger partial charge >= 0.3 is 0 Å². The fourth-order valence-electron chi connectivity index (χ4n) is 3.17. The molecule has 3 aromatic heterocycles. The van der Waals surface area contributed by atoms with E-state index in [0.29, 0.717) is 21.6 Å². The SMILES string of the molecule is COc1ccccc1Oc1c(Cl)nc(-c2cc[n+]([O-])cc2)nc1NS(=O)(=O)c1ccc(C(C)(C)O)cn1. The van der Waals surface area contributed by atoms with Crippen molar-refractivity contribution in [2.24, 2.45) is 0 Å². The number of pyridine rings is 2. The minimum atomic E-state index is -4.29. The molecule has 0 atom stereocenters. The summed E-state index contributed by atoms with van der Waals surface area (Å²) in [7, 11) is -2.83. The number of sulfonamides is 1. The molecule has 37 heavy (non-hydrogen) atoms. The van der Waals surface area contributed by atoms with E-state index in [-0.39, 0.29) is 33.3 Å². The molecule has 2 N–H and O–H groups in total. The van der Waals surface area contributed by atoms with Crippen molar-refractivity contribution >= 4 is 27.4 Å². The molecule has 192 valence electrons. The molecule has 0 aliphatic carbocycles. The van der Waals surface area contributed by atoms with E-state index >= 15 is 0 Å². The van der Waals surface area contributed by atoms with E-state index in [2.05, 4.69) is 19.7 Å². The second kappa shape index (κ2) is 10.2. The Morgan fingerprint density at radius 1 is 1.05 bits per heavy atom. The smallest absolute Gasteiger partial charge is 0.280 e. The molecule has 1 aromatic carbocycles. The highest BCUT2D eigenvalue weighted by molar-refractivity contribution is 7.92. The number of methoxy groups -OCH3 is 1. The number of aromatic nitrogens is 4. The fraction of sp³-hybridized carbons (Fsp3) is 0.167. The number of anilines is 1. The number of nitrogens with one attached hydrogen (secondary N) is 1. The van der Waals surface area contributed by atoms with Gasteiger partial charge in [-0.15, -0.1) is 0 Å². The summed E-state index contributed by atoms with van der Waals surface area (Å²) in [6, 6.07) is 12.3. The van der Waals surface area contributed by atoms with Crippen LogP contribution in [0.4, 0.5) is 5.82 Å². The van der Waals surface area contributed by atoms with Crippen molar-refractivity contribution < 1.29 is 27.7 Å². The molecule has 4 rings (SSSR count). The predicted octanol–water partition coefficient (Wildman–Crippen LogP) is 3.65. The molecule has 0 aliphatic heterocycles. The lowest BCUT2D eigenvalue weighted by molar-refractivity contribution is -0.605. The van der Waals surface area contributed by atoms with Gasteiger partial charge in [-0.25, -0.2) is 15.0 Å². The molecule has 0 bridgehead atoms. The Morgan fingerprint density at radius 3 is 2.32 bits per heavy atom. The fourth-order valence-corrected chi connectivity index (χ4v) is 4.31. The zero-order valence-electron chi connectivity index (χ0n) is 19.9. The Hall–Kier alpha value is -4.00. The second-order valence-corrected chi connectivity index (χ2v) is 10.3. The number of hydrogen-bond acceptors (Lipinski definition) is 9. The molecule has 0 unspecified atom stereocenters. The monoisotopic (exact) mass is 543 g/mol. The van der Waals surface area contributed by atoms with Crippen LogP contribution < -0.4 is 18.9 Å². The molecule has 0 radical (unpaired) electrons. The molecule has 0 fully saturated rings. The summed E-state index contributed by atoms with van der Waals surface area (Å²) in [5.41, 5.74) is -0.365. The van der Waals surface area contributed by atoms with Crippen molar-refractivity contribution in [3.05, 3.63) is 83.0 Å². The molecular weight excluding hydrogens is 522 g/mol. The van der Waals surface area contributed by atoms with Crippen LogP contribution in [-0.2, 0) is 15.6 Å². The van der Waals surface area contributed by atoms with Gasteiger partial charge < -0.3 is 19.8 Å². The summed E-state index contributed by atoms with van der Waals surface area (Å²) in [5, 5.41) is 21.1. The lowest BCUT2D eigenvalue weighted by atomic mass is 10.0. The lowest BCUT2D eigenvalue weighted by Gasteiger charge is -2.18. The molecule has 0 spiro atoms. The Bertz CT molecular complexity index is 1530. The van der Waals surface area contributed by atoms with E-state index in [4.69, 9.17) is 21.1 Å². The minimum absolute atomic E-state index is 0.0426. The number of rotatable bonds is 8. The van der Waals surface area contributed by atoms with Crippen LogP contribution in [0.1, 0.15) is 19.4 Å². The standard InChI is InChI=1S/C24H22ClN5O6S/c1-24(2,31)16-8-9-19(26-14-16)37(33,34)29-23-20(36-18-7-5-4-6-17(18)35-3)21(25)27-22(28-23)15-10-12-30(32)13-11-15/h4-14,31H,1-3H3,(H,27,28,29). The van der Waals surface area contributed by atoms with Crippen molar-refractivity contribution in [1.82, 2.24) is 15.0 Å². The van der Waals surface area contributed by atoms with Crippen molar-refractivity contribution in [2.75, 3.05) is 11.8 Å². The summed E-state index contributed by atoms with van der Waals surface area (Å²) in [6.45, 7) is 3.11. The lowest BCUT2D eigenvalue weighted by Crippen LogP contribution is -2.23. The van der Waals surface area contributed by atoms with Gasteiger partial charge in [0.25, 0.3) is 10.0 Å². The highest BCUT2D eigenvalue weighted by atomic mass is 35.5. The van der Waals surface area contributed by atoms with Gasteiger partial charge in [0.2, 0.25) is 5.75 Å². The highest BCUT2D eigenvalue weighted by Crippen LogP contribution is 2.40. The topological polar surface area (TPSA) is 150 Å². The zero-order valence-corrected chi connectivity index (χ0v) is 21.5. The normalized spacial score (nSPS) is 11.7. The quantitative estimate of drug-likeness (QED) is 0.193. The Morgan fingerprint density at radius 2 is 1.73 bits per heavy atom. The highest BCUT2D eigenvalue weighted by Gasteiger charge is 2.25. The molecule has 0 amide bonds. The van der Waals surface area contributed by atoms with Crippen LogP contribution in [0.25, 0.3) is 11.4 Å². The van der Waals surface area contributed by atoms with E-state index < -0.39 is 15.6 Å². The maximum absolute atomic E-state index is 13.2. The van der Waals surface area contributed by atoms with Gasteiger partial charge in [0.05, 0.1) is 12.7 Å². The molecule has 13 heteroatoms. The Balaban J connectivity index is 1.80. The largest absolute Gasteiger partial charge is 0.619 e. The minimum Gasteiger partial charge on any atom is -0.619 e. The van der Waals surface area contributed by atoms with E-state index in [1.807, 2.05) is 0 Å². The number of aliphatic hydroxyl groups is 1. The van der Waals surface area contributed by atoms with Gasteiger partial charge in [-0.3, -0.25) is 4.72 Å². The van der Waals surface area contributed by atoms with Gasteiger partial charge in [-0.1, -0.05) is 29.8 Å². The second-order valence-electron chi connectivity index (χ2n) is 8.27. The van der Waals surface area contributed by atoms with Crippen LogP contribution >= 0.6 is 11.6 Å². The number of para-hydroxylation sites is 2. The van der Waals surface area contributed by atoms with Crippen LogP contribution in [0.5, 0.6) is 17.2 Å². The summed E-state index contributed by atoms with van der Waals surface area (Å²) in [6.07, 6.45) is 3.75. The average Bonchev–Trinajstić information content (AvgIpc) is 2.86. The molecule has 0 saturated carbocycles. The number of halogens is 1. The first-order valence-corrected chi connectivity index (χ1v) is 12.6. The summed E-state index contributed by atoms with van der Waals surface area (Å²) >= 11 is 6.44. The number of nitrogens with zero attached hydrogens (tertiary/aromatic N) is 4. The molecule has 0 saturated heterocycles. The first kappa shape index (κ1) is 26.1. The average molecular weight is 544 g/mol. The third kappa shape index (κ3) is 5.88. The predicted molar refractivity (Wildman–Crippen MR) is 135 cm³/mol. The molecule has 0 aliphatic rings. The molecule has 3 heterocycles. The summed E-state index contributed by atoms with van der Waals surface area (Å²) < 4.78 is 40.6. The maximum atomic E-state index is 13.2. The van der Waals surface area contributed by atoms with E-state index in [9.17, 15) is 18.7 Å². The molecule has 11 nitrogen and oxygen atoms in total. The maximum Gasteiger partial charge on any atom is 0.280 e. The first-order chi connectivity index (χ1) is 17.5. The number of hydrogen-bond donors (Lipinski definition) is 2. The summed E-state index contributed by atoms with van der Waals surface area (Å²) in [4.78, 5) is 12.5. The van der Waals surface area contributed by atoms with Gasteiger partial charge in [0.1, 0.15) is 0 Å². The van der Waals surface area contributed by atoms with Crippen molar-refractivity contribution in [3.63, 3.8) is 0 Å². The third-order valence-electron chi connectivity index (χ3n) is 5.11. The van der Waals surface area contributed by atoms with Gasteiger partial charge in [-0.05, 0) is 32.0 Å². The van der Waals surface area contributed by atoms with E-state index in [1.54, 1.807) is 38.1 Å². The first-order valence-electron chi connectivity index (χ1n) is 10.8. The van der Waals surface area contributed by atoms with Gasteiger partial charge in [0.15, 0.2) is 45.7 Å². The molecular formula is C24H22ClN5O6S. The van der Waals surface area contributed by atoms with E-state index in [0.717, 1.165) is 0 Å². The summed E-state index contributed by atoms with van der Waals surface area (Å²) in [5.74, 6) is 0.197. The van der Waals surface area contributed by atoms with E-state index in [1.165, 1.54) is 50.0 Å². The third-order valence-corrected chi connectivity index (χ3v) is 6.63. The van der Waals surface area contributed by atoms with Crippen molar-refractivity contribution in [3.8, 4) is 28.6 Å². The molecule has 4 aromatic rings. The number of benzene rings is 1. The van der Waals surface area contributed by atoms with Crippen molar-refractivity contribution in [1.29, 1.82) is 0 Å². The van der Waals surface area contributed by atoms with Crippen LogP contribution in [0.15, 0.2) is 72.1 Å². The van der Waals surface area contributed by atoms with Gasteiger partial charge in [0, 0.05) is 29.5 Å². The van der Waals surface area contributed by atoms with Crippen LogP contribution in [-0.4, -0.2) is 35.6 Å². The Labute approximate surface area is 218 Å². The zero-order chi connectivity index (χ0) is 26.8.